The maximum Gasteiger partial charge on any atom is 0.243 e. The molecule has 0 bridgehead atoms. The second-order valence-corrected chi connectivity index (χ2v) is 8.14. The molecule has 0 aromatic heterocycles. The molecule has 0 amide bonds. The summed E-state index contributed by atoms with van der Waals surface area (Å²) in [6.07, 6.45) is 0.958. The predicted octanol–water partition coefficient (Wildman–Crippen LogP) is 2.47. The molecule has 20 heavy (non-hydrogen) atoms. The van der Waals surface area contributed by atoms with Gasteiger partial charge in [-0.05, 0) is 38.1 Å². The monoisotopic (exact) mass is 360 g/mol. The highest BCUT2D eigenvalue weighted by atomic mass is 79.9. The molecular formula is C14H21BrN2O2S. The summed E-state index contributed by atoms with van der Waals surface area (Å²) < 4.78 is 28.0. The number of hydrogen-bond donors (Lipinski definition) is 0. The normalized spacial score (nSPS) is 22.1. The number of likely N-dealkylation sites (N-methyl/N-ethyl adjacent to an activating group) is 1. The van der Waals surface area contributed by atoms with Gasteiger partial charge in [0.2, 0.25) is 10.0 Å². The molecule has 1 aromatic carbocycles. The minimum atomic E-state index is -3.40. The molecule has 1 atom stereocenters. The van der Waals surface area contributed by atoms with Gasteiger partial charge in [0.15, 0.2) is 0 Å². The molecule has 1 aliphatic rings. The molecule has 1 unspecified atom stereocenters. The molecule has 2 rings (SSSR count). The predicted molar refractivity (Wildman–Crippen MR) is 84.3 cm³/mol. The van der Waals surface area contributed by atoms with Crippen LogP contribution in [-0.2, 0) is 10.0 Å². The van der Waals surface area contributed by atoms with E-state index >= 15 is 0 Å². The Labute approximate surface area is 129 Å². The van der Waals surface area contributed by atoms with Crippen LogP contribution in [0.4, 0.5) is 0 Å². The topological polar surface area (TPSA) is 40.6 Å². The van der Waals surface area contributed by atoms with E-state index in [-0.39, 0.29) is 0 Å². The Balaban J connectivity index is 2.33. The van der Waals surface area contributed by atoms with Crippen molar-refractivity contribution in [3.05, 3.63) is 28.2 Å². The number of piperazine rings is 1. The summed E-state index contributed by atoms with van der Waals surface area (Å²) in [5.74, 6) is 0. The van der Waals surface area contributed by atoms with Gasteiger partial charge in [-0.15, -0.1) is 0 Å². The lowest BCUT2D eigenvalue weighted by Gasteiger charge is -2.38. The summed E-state index contributed by atoms with van der Waals surface area (Å²) in [7, 11) is -1.35. The van der Waals surface area contributed by atoms with Crippen molar-refractivity contribution >= 4 is 26.0 Å². The first-order valence-corrected chi connectivity index (χ1v) is 9.06. The summed E-state index contributed by atoms with van der Waals surface area (Å²) in [4.78, 5) is 2.64. The zero-order valence-corrected chi connectivity index (χ0v) is 14.5. The van der Waals surface area contributed by atoms with Crippen molar-refractivity contribution in [3.63, 3.8) is 0 Å². The average Bonchev–Trinajstić information content (AvgIpc) is 2.41. The highest BCUT2D eigenvalue weighted by molar-refractivity contribution is 9.10. The van der Waals surface area contributed by atoms with Gasteiger partial charge < -0.3 is 4.90 Å². The van der Waals surface area contributed by atoms with Gasteiger partial charge in [-0.2, -0.15) is 4.31 Å². The molecule has 6 heteroatoms. The van der Waals surface area contributed by atoms with Crippen LogP contribution < -0.4 is 0 Å². The van der Waals surface area contributed by atoms with Crippen molar-refractivity contribution in [2.75, 3.05) is 26.7 Å². The third-order valence-electron chi connectivity index (χ3n) is 3.98. The molecule has 1 aliphatic heterocycles. The lowest BCUT2D eigenvalue weighted by atomic mass is 10.1. The number of sulfonamides is 1. The van der Waals surface area contributed by atoms with E-state index in [2.05, 4.69) is 34.8 Å². The summed E-state index contributed by atoms with van der Waals surface area (Å²) >= 11 is 3.36. The van der Waals surface area contributed by atoms with E-state index in [0.717, 1.165) is 23.0 Å². The maximum atomic E-state index is 12.8. The van der Waals surface area contributed by atoms with E-state index < -0.39 is 10.0 Å². The van der Waals surface area contributed by atoms with Crippen LogP contribution >= 0.6 is 15.9 Å². The third-order valence-corrected chi connectivity index (χ3v) is 6.48. The number of rotatable bonds is 3. The smallest absolute Gasteiger partial charge is 0.243 e. The van der Waals surface area contributed by atoms with Crippen molar-refractivity contribution in [1.29, 1.82) is 0 Å². The van der Waals surface area contributed by atoms with Gasteiger partial charge in [-0.25, -0.2) is 8.42 Å². The maximum absolute atomic E-state index is 12.8. The van der Waals surface area contributed by atoms with E-state index in [9.17, 15) is 8.42 Å². The van der Waals surface area contributed by atoms with E-state index in [1.165, 1.54) is 0 Å². The standard InChI is InChI=1S/C14H21BrN2O2S/c1-4-13-10-17(8-7-16(13)3)20(18,19)14-9-12(15)6-5-11(14)2/h5-6,9,13H,4,7-8,10H2,1-3H3. The Hall–Kier alpha value is -0.430. The summed E-state index contributed by atoms with van der Waals surface area (Å²) in [5, 5.41) is 0. The first-order chi connectivity index (χ1) is 9.36. The van der Waals surface area contributed by atoms with Crippen LogP contribution in [0.15, 0.2) is 27.6 Å². The van der Waals surface area contributed by atoms with Crippen LogP contribution in [0.3, 0.4) is 0 Å². The highest BCUT2D eigenvalue weighted by Crippen LogP contribution is 2.25. The molecule has 0 spiro atoms. The number of nitrogens with zero attached hydrogens (tertiary/aromatic N) is 2. The Bertz CT molecular complexity index is 589. The molecule has 1 heterocycles. The van der Waals surface area contributed by atoms with Crippen LogP contribution in [0.25, 0.3) is 0 Å². The highest BCUT2D eigenvalue weighted by Gasteiger charge is 2.32. The molecule has 1 aromatic rings. The fourth-order valence-electron chi connectivity index (χ4n) is 2.57. The van der Waals surface area contributed by atoms with E-state index in [1.807, 2.05) is 19.1 Å². The Morgan fingerprint density at radius 3 is 2.70 bits per heavy atom. The summed E-state index contributed by atoms with van der Waals surface area (Å²) in [6, 6.07) is 5.70. The van der Waals surface area contributed by atoms with Crippen LogP contribution in [0.1, 0.15) is 18.9 Å². The second-order valence-electron chi connectivity index (χ2n) is 5.32. The van der Waals surface area contributed by atoms with Gasteiger partial charge in [0.1, 0.15) is 0 Å². The Kier molecular flexibility index (Phi) is 4.89. The quantitative estimate of drug-likeness (QED) is 0.831. The number of hydrogen-bond acceptors (Lipinski definition) is 3. The van der Waals surface area contributed by atoms with Gasteiger partial charge in [0.05, 0.1) is 4.90 Å². The zero-order valence-electron chi connectivity index (χ0n) is 12.1. The van der Waals surface area contributed by atoms with Gasteiger partial charge in [0.25, 0.3) is 0 Å². The molecule has 0 saturated carbocycles. The van der Waals surface area contributed by atoms with Crippen molar-refractivity contribution in [1.82, 2.24) is 9.21 Å². The minimum Gasteiger partial charge on any atom is -0.301 e. The fourth-order valence-corrected chi connectivity index (χ4v) is 4.80. The van der Waals surface area contributed by atoms with Gasteiger partial charge in [-0.1, -0.05) is 28.9 Å². The van der Waals surface area contributed by atoms with Gasteiger partial charge >= 0.3 is 0 Å². The molecular weight excluding hydrogens is 340 g/mol. The van der Waals surface area contributed by atoms with E-state index in [4.69, 9.17) is 0 Å². The molecule has 0 radical (unpaired) electrons. The molecule has 1 fully saturated rings. The first-order valence-electron chi connectivity index (χ1n) is 6.82. The molecule has 0 N–H and O–H groups in total. The Morgan fingerprint density at radius 2 is 2.05 bits per heavy atom. The minimum absolute atomic E-state index is 0.297. The lowest BCUT2D eigenvalue weighted by Crippen LogP contribution is -2.52. The first kappa shape index (κ1) is 15.9. The van der Waals surface area contributed by atoms with Crippen molar-refractivity contribution in [2.24, 2.45) is 0 Å². The van der Waals surface area contributed by atoms with E-state index in [0.29, 0.717) is 24.0 Å². The van der Waals surface area contributed by atoms with E-state index in [1.54, 1.807) is 10.4 Å². The lowest BCUT2D eigenvalue weighted by molar-refractivity contribution is 0.144. The van der Waals surface area contributed by atoms with Crippen LogP contribution in [0.2, 0.25) is 0 Å². The summed E-state index contributed by atoms with van der Waals surface area (Å²) in [5.41, 5.74) is 0.792. The number of halogens is 1. The molecule has 112 valence electrons. The summed E-state index contributed by atoms with van der Waals surface area (Å²) in [6.45, 7) is 5.85. The van der Waals surface area contributed by atoms with Crippen LogP contribution in [0.5, 0.6) is 0 Å². The Morgan fingerprint density at radius 1 is 1.35 bits per heavy atom. The molecule has 1 saturated heterocycles. The van der Waals surface area contributed by atoms with Crippen LogP contribution in [0, 0.1) is 6.92 Å². The zero-order chi connectivity index (χ0) is 14.9. The van der Waals surface area contributed by atoms with Gasteiger partial charge in [-0.3, -0.25) is 0 Å². The second kappa shape index (κ2) is 6.13. The van der Waals surface area contributed by atoms with Crippen molar-refractivity contribution in [3.8, 4) is 0 Å². The van der Waals surface area contributed by atoms with Gasteiger partial charge in [0, 0.05) is 30.1 Å². The van der Waals surface area contributed by atoms with Crippen LogP contribution in [-0.4, -0.2) is 50.3 Å². The SMILES string of the molecule is CCC1CN(S(=O)(=O)c2cc(Br)ccc2C)CCN1C. The number of aryl methyl sites for hydroxylation is 1. The largest absolute Gasteiger partial charge is 0.301 e. The van der Waals surface area contributed by atoms with Crippen molar-refractivity contribution in [2.45, 2.75) is 31.2 Å². The fraction of sp³-hybridized carbons (Fsp3) is 0.571. The number of benzene rings is 1. The molecule has 0 aliphatic carbocycles. The average molecular weight is 361 g/mol. The third kappa shape index (κ3) is 3.08. The molecule has 4 nitrogen and oxygen atoms in total. The van der Waals surface area contributed by atoms with Crippen molar-refractivity contribution < 1.29 is 8.42 Å².